The Morgan fingerprint density at radius 2 is 2.00 bits per heavy atom. The van der Waals surface area contributed by atoms with Crippen LogP contribution < -0.4 is 21.2 Å². The molecule has 0 amide bonds. The van der Waals surface area contributed by atoms with E-state index in [0.29, 0.717) is 28.7 Å². The molecule has 0 atom stereocenters. The summed E-state index contributed by atoms with van der Waals surface area (Å²) in [5, 5.41) is 8.69. The minimum Gasteiger partial charge on any atom is -0.487 e. The zero-order valence-corrected chi connectivity index (χ0v) is 22.5. The van der Waals surface area contributed by atoms with Gasteiger partial charge in [-0.1, -0.05) is 29.8 Å². The molecule has 1 heterocycles. The van der Waals surface area contributed by atoms with Crippen LogP contribution in [0.2, 0.25) is 5.02 Å². The predicted molar refractivity (Wildman–Crippen MR) is 155 cm³/mol. The van der Waals surface area contributed by atoms with Gasteiger partial charge in [0.05, 0.1) is 16.8 Å². The first kappa shape index (κ1) is 27.7. The molecule has 0 saturated heterocycles. The van der Waals surface area contributed by atoms with E-state index in [4.69, 9.17) is 22.1 Å². The third kappa shape index (κ3) is 8.36. The molecule has 39 heavy (non-hydrogen) atoms. The highest BCUT2D eigenvalue weighted by Crippen LogP contribution is 2.31. The predicted octanol–water partition coefficient (Wildman–Crippen LogP) is 4.93. The van der Waals surface area contributed by atoms with Gasteiger partial charge in [-0.2, -0.15) is 5.10 Å². The number of guanidine groups is 1. The Labute approximate surface area is 231 Å². The van der Waals surface area contributed by atoms with Crippen molar-refractivity contribution < 1.29 is 9.13 Å². The molecule has 0 saturated carbocycles. The monoisotopic (exact) mass is 548 g/mol. The number of anilines is 2. The molecular formula is C28H30ClFN8O. The van der Waals surface area contributed by atoms with Crippen molar-refractivity contribution in [2.24, 2.45) is 15.8 Å². The van der Waals surface area contributed by atoms with Crippen LogP contribution >= 0.6 is 11.6 Å². The van der Waals surface area contributed by atoms with Crippen molar-refractivity contribution in [1.82, 2.24) is 20.3 Å². The first-order valence-electron chi connectivity index (χ1n) is 12.3. The molecule has 0 aliphatic rings. The fourth-order valence-corrected chi connectivity index (χ4v) is 3.90. The van der Waals surface area contributed by atoms with Crippen molar-refractivity contribution in [3.8, 4) is 5.75 Å². The molecule has 11 heteroatoms. The van der Waals surface area contributed by atoms with Crippen LogP contribution in [-0.2, 0) is 6.61 Å². The van der Waals surface area contributed by atoms with Gasteiger partial charge < -0.3 is 20.7 Å². The van der Waals surface area contributed by atoms with Gasteiger partial charge in [-0.25, -0.2) is 19.8 Å². The van der Waals surface area contributed by atoms with Crippen LogP contribution in [0.25, 0.3) is 10.9 Å². The molecule has 0 fully saturated rings. The summed E-state index contributed by atoms with van der Waals surface area (Å²) in [6, 6.07) is 17.3. The van der Waals surface area contributed by atoms with E-state index in [1.807, 2.05) is 38.4 Å². The van der Waals surface area contributed by atoms with Crippen LogP contribution in [0.1, 0.15) is 17.5 Å². The van der Waals surface area contributed by atoms with Crippen molar-refractivity contribution in [2.75, 3.05) is 32.5 Å². The SMILES string of the molecule is CN(C)CCCN=C(N)NN=Cc1ccc2ncnc(Nc3ccc(OCc4cccc(F)c4)c(Cl)c3)c2c1. The number of aromatic nitrogens is 2. The van der Waals surface area contributed by atoms with E-state index in [0.717, 1.165) is 35.1 Å². The fraction of sp³-hybridized carbons (Fsp3) is 0.214. The largest absolute Gasteiger partial charge is 0.487 e. The average Bonchev–Trinajstić information content (AvgIpc) is 2.91. The summed E-state index contributed by atoms with van der Waals surface area (Å²) in [7, 11) is 4.04. The number of hydrazone groups is 1. The van der Waals surface area contributed by atoms with Gasteiger partial charge in [-0.05, 0) is 80.7 Å². The first-order chi connectivity index (χ1) is 18.9. The van der Waals surface area contributed by atoms with Crippen LogP contribution in [0.3, 0.4) is 0 Å². The average molecular weight is 549 g/mol. The van der Waals surface area contributed by atoms with Crippen molar-refractivity contribution in [1.29, 1.82) is 0 Å². The van der Waals surface area contributed by atoms with Crippen LogP contribution in [0.15, 0.2) is 77.1 Å². The number of rotatable bonds is 11. The van der Waals surface area contributed by atoms with E-state index in [1.54, 1.807) is 30.5 Å². The zero-order chi connectivity index (χ0) is 27.6. The Morgan fingerprint density at radius 3 is 2.79 bits per heavy atom. The lowest BCUT2D eigenvalue weighted by Gasteiger charge is -2.12. The van der Waals surface area contributed by atoms with E-state index in [9.17, 15) is 4.39 Å². The highest BCUT2D eigenvalue weighted by atomic mass is 35.5. The molecule has 3 aromatic carbocycles. The second-order valence-corrected chi connectivity index (χ2v) is 9.39. The van der Waals surface area contributed by atoms with Gasteiger partial charge in [0, 0.05) is 17.6 Å². The molecular weight excluding hydrogens is 519 g/mol. The quantitative estimate of drug-likeness (QED) is 0.105. The Hall–Kier alpha value is -4.28. The van der Waals surface area contributed by atoms with E-state index in [-0.39, 0.29) is 18.4 Å². The number of aliphatic imine (C=N–C) groups is 1. The van der Waals surface area contributed by atoms with Gasteiger partial charge in [0.2, 0.25) is 5.96 Å². The Balaban J connectivity index is 1.42. The van der Waals surface area contributed by atoms with E-state index >= 15 is 0 Å². The number of ether oxygens (including phenoxy) is 1. The molecule has 4 N–H and O–H groups in total. The highest BCUT2D eigenvalue weighted by molar-refractivity contribution is 6.32. The molecule has 4 rings (SSSR count). The minimum atomic E-state index is -0.311. The normalized spacial score (nSPS) is 11.9. The van der Waals surface area contributed by atoms with E-state index < -0.39 is 0 Å². The maximum Gasteiger partial charge on any atom is 0.209 e. The Kier molecular flexibility index (Phi) is 9.60. The summed E-state index contributed by atoms with van der Waals surface area (Å²) in [5.74, 6) is 1.05. The summed E-state index contributed by atoms with van der Waals surface area (Å²) in [5.41, 5.74) is 11.7. The van der Waals surface area contributed by atoms with Crippen molar-refractivity contribution >= 4 is 46.2 Å². The summed E-state index contributed by atoms with van der Waals surface area (Å²) in [6.45, 7) is 1.77. The van der Waals surface area contributed by atoms with Gasteiger partial charge in [0.1, 0.15) is 30.3 Å². The molecule has 1 aromatic heterocycles. The maximum absolute atomic E-state index is 13.4. The number of benzene rings is 3. The maximum atomic E-state index is 13.4. The second kappa shape index (κ2) is 13.5. The third-order valence-electron chi connectivity index (χ3n) is 5.58. The lowest BCUT2D eigenvalue weighted by molar-refractivity contribution is 0.306. The second-order valence-electron chi connectivity index (χ2n) is 8.98. The zero-order valence-electron chi connectivity index (χ0n) is 21.7. The lowest BCUT2D eigenvalue weighted by Crippen LogP contribution is -2.28. The molecule has 0 aliphatic heterocycles. The van der Waals surface area contributed by atoms with Gasteiger partial charge in [0.15, 0.2) is 0 Å². The molecule has 0 radical (unpaired) electrons. The molecule has 0 spiro atoms. The van der Waals surface area contributed by atoms with Crippen molar-refractivity contribution in [2.45, 2.75) is 13.0 Å². The number of hydrogen-bond acceptors (Lipinski definition) is 7. The van der Waals surface area contributed by atoms with Crippen molar-refractivity contribution in [3.63, 3.8) is 0 Å². The molecule has 0 unspecified atom stereocenters. The summed E-state index contributed by atoms with van der Waals surface area (Å²) < 4.78 is 19.2. The molecule has 9 nitrogen and oxygen atoms in total. The number of hydrogen-bond donors (Lipinski definition) is 3. The van der Waals surface area contributed by atoms with Crippen LogP contribution in [-0.4, -0.2) is 54.2 Å². The molecule has 0 bridgehead atoms. The molecule has 0 aliphatic carbocycles. The minimum absolute atomic E-state index is 0.202. The van der Waals surface area contributed by atoms with Crippen molar-refractivity contribution in [3.05, 3.63) is 89.0 Å². The first-order valence-corrected chi connectivity index (χ1v) is 12.7. The van der Waals surface area contributed by atoms with Gasteiger partial charge in [-0.15, -0.1) is 0 Å². The van der Waals surface area contributed by atoms with Crippen LogP contribution in [0, 0.1) is 5.82 Å². The third-order valence-corrected chi connectivity index (χ3v) is 5.87. The molecule has 202 valence electrons. The van der Waals surface area contributed by atoms with E-state index in [1.165, 1.54) is 18.5 Å². The van der Waals surface area contributed by atoms with Gasteiger partial charge in [-0.3, -0.25) is 4.99 Å². The highest BCUT2D eigenvalue weighted by Gasteiger charge is 2.08. The van der Waals surface area contributed by atoms with Crippen LogP contribution in [0.5, 0.6) is 5.75 Å². The number of nitrogens with one attached hydrogen (secondary N) is 2. The van der Waals surface area contributed by atoms with E-state index in [2.05, 4.69) is 35.7 Å². The number of nitrogens with two attached hydrogens (primary N) is 1. The van der Waals surface area contributed by atoms with Gasteiger partial charge in [0.25, 0.3) is 0 Å². The Bertz CT molecular complexity index is 1480. The molecule has 4 aromatic rings. The lowest BCUT2D eigenvalue weighted by atomic mass is 10.1. The summed E-state index contributed by atoms with van der Waals surface area (Å²) in [6.07, 6.45) is 4.06. The number of halogens is 2. The van der Waals surface area contributed by atoms with Gasteiger partial charge >= 0.3 is 0 Å². The number of fused-ring (bicyclic) bond motifs is 1. The smallest absolute Gasteiger partial charge is 0.209 e. The fourth-order valence-electron chi connectivity index (χ4n) is 3.67. The summed E-state index contributed by atoms with van der Waals surface area (Å²) in [4.78, 5) is 15.1. The summed E-state index contributed by atoms with van der Waals surface area (Å²) >= 11 is 6.45. The Morgan fingerprint density at radius 1 is 1.13 bits per heavy atom. The number of nitrogens with zero attached hydrogens (tertiary/aromatic N) is 5. The standard InChI is InChI=1S/C28H30ClFN8O/c1-38(2)12-4-11-32-28(31)37-35-16-19-7-9-25-23(14-19)27(34-18-33-25)36-22-8-10-26(24(29)15-22)39-17-20-5-3-6-21(30)13-20/h3,5-10,13-16,18H,4,11-12,17H2,1-2H3,(H3,31,32,37)(H,33,34,36). The van der Waals surface area contributed by atoms with Crippen LogP contribution in [0.4, 0.5) is 15.9 Å². The topological polar surface area (TPSA) is 113 Å².